The molecule has 1 aliphatic heterocycles. The first kappa shape index (κ1) is 11.4. The SMILES string of the molecule is Brc1cncc(C2=CCCC3CCCNC23)c1. The average Bonchev–Trinajstić information content (AvgIpc) is 2.38. The molecule has 1 N–H and O–H groups in total. The molecule has 0 spiro atoms. The van der Waals surface area contributed by atoms with E-state index in [1.54, 1.807) is 0 Å². The Hall–Kier alpha value is -0.670. The predicted octanol–water partition coefficient (Wildman–Crippen LogP) is 3.39. The van der Waals surface area contributed by atoms with Gasteiger partial charge in [0.15, 0.2) is 0 Å². The van der Waals surface area contributed by atoms with Crippen LogP contribution in [-0.4, -0.2) is 17.6 Å². The van der Waals surface area contributed by atoms with Gasteiger partial charge in [0.05, 0.1) is 0 Å². The van der Waals surface area contributed by atoms with Crippen molar-refractivity contribution in [3.63, 3.8) is 0 Å². The molecule has 3 heteroatoms. The topological polar surface area (TPSA) is 24.9 Å². The van der Waals surface area contributed by atoms with E-state index < -0.39 is 0 Å². The summed E-state index contributed by atoms with van der Waals surface area (Å²) < 4.78 is 1.06. The molecule has 0 radical (unpaired) electrons. The number of rotatable bonds is 1. The molecule has 3 rings (SSSR count). The van der Waals surface area contributed by atoms with E-state index in [1.807, 2.05) is 12.4 Å². The van der Waals surface area contributed by atoms with Gasteiger partial charge in [0.2, 0.25) is 0 Å². The Kier molecular flexibility index (Phi) is 3.30. The van der Waals surface area contributed by atoms with Gasteiger partial charge in [-0.25, -0.2) is 0 Å². The lowest BCUT2D eigenvalue weighted by Crippen LogP contribution is -2.43. The fourth-order valence-corrected chi connectivity index (χ4v) is 3.44. The normalized spacial score (nSPS) is 28.4. The second-order valence-corrected chi connectivity index (χ2v) is 5.88. The highest BCUT2D eigenvalue weighted by Gasteiger charge is 2.30. The minimum atomic E-state index is 0.550. The molecule has 17 heavy (non-hydrogen) atoms. The number of halogens is 1. The number of pyridine rings is 1. The van der Waals surface area contributed by atoms with E-state index in [4.69, 9.17) is 0 Å². The predicted molar refractivity (Wildman–Crippen MR) is 73.7 cm³/mol. The molecule has 1 aliphatic carbocycles. The van der Waals surface area contributed by atoms with Crippen molar-refractivity contribution in [2.24, 2.45) is 5.92 Å². The van der Waals surface area contributed by atoms with Crippen LogP contribution >= 0.6 is 15.9 Å². The largest absolute Gasteiger partial charge is 0.310 e. The number of piperidine rings is 1. The monoisotopic (exact) mass is 292 g/mol. The molecule has 90 valence electrons. The molecule has 2 aliphatic rings. The fourth-order valence-electron chi connectivity index (χ4n) is 3.08. The number of allylic oxidation sites excluding steroid dienone is 1. The maximum Gasteiger partial charge on any atom is 0.0410 e. The van der Waals surface area contributed by atoms with E-state index in [0.717, 1.165) is 16.9 Å². The Morgan fingerprint density at radius 1 is 1.29 bits per heavy atom. The molecule has 2 unspecified atom stereocenters. The molecule has 2 heterocycles. The lowest BCUT2D eigenvalue weighted by atomic mass is 9.77. The maximum absolute atomic E-state index is 4.28. The second-order valence-electron chi connectivity index (χ2n) is 4.96. The van der Waals surface area contributed by atoms with Crippen molar-refractivity contribution >= 4 is 21.5 Å². The van der Waals surface area contributed by atoms with Crippen LogP contribution in [0.3, 0.4) is 0 Å². The molecule has 0 bridgehead atoms. The lowest BCUT2D eigenvalue weighted by molar-refractivity contribution is 0.304. The first-order chi connectivity index (χ1) is 8.34. The quantitative estimate of drug-likeness (QED) is 0.858. The molecule has 2 atom stereocenters. The van der Waals surface area contributed by atoms with Crippen LogP contribution in [0.5, 0.6) is 0 Å². The van der Waals surface area contributed by atoms with Crippen molar-refractivity contribution in [1.82, 2.24) is 10.3 Å². The zero-order valence-corrected chi connectivity index (χ0v) is 11.4. The Balaban J connectivity index is 1.93. The van der Waals surface area contributed by atoms with Crippen molar-refractivity contribution in [1.29, 1.82) is 0 Å². The van der Waals surface area contributed by atoms with Gasteiger partial charge < -0.3 is 5.32 Å². The van der Waals surface area contributed by atoms with Gasteiger partial charge in [-0.1, -0.05) is 6.08 Å². The Bertz CT molecular complexity index is 442. The van der Waals surface area contributed by atoms with E-state index in [-0.39, 0.29) is 0 Å². The number of nitrogens with one attached hydrogen (secondary N) is 1. The van der Waals surface area contributed by atoms with Gasteiger partial charge in [-0.3, -0.25) is 4.98 Å². The van der Waals surface area contributed by atoms with Crippen LogP contribution in [0.1, 0.15) is 31.2 Å². The molecular weight excluding hydrogens is 276 g/mol. The Morgan fingerprint density at radius 3 is 3.12 bits per heavy atom. The summed E-state index contributed by atoms with van der Waals surface area (Å²) in [7, 11) is 0. The van der Waals surface area contributed by atoms with Crippen molar-refractivity contribution < 1.29 is 0 Å². The van der Waals surface area contributed by atoms with Gasteiger partial charge in [0, 0.05) is 22.9 Å². The summed E-state index contributed by atoms with van der Waals surface area (Å²) >= 11 is 3.51. The van der Waals surface area contributed by atoms with Gasteiger partial charge in [-0.2, -0.15) is 0 Å². The summed E-state index contributed by atoms with van der Waals surface area (Å²) in [6.07, 6.45) is 11.5. The third-order valence-corrected chi connectivity index (χ3v) is 4.30. The summed E-state index contributed by atoms with van der Waals surface area (Å²) in [5, 5.41) is 3.68. The number of hydrogen-bond donors (Lipinski definition) is 1. The molecule has 1 aromatic heterocycles. The molecule has 1 saturated heterocycles. The zero-order valence-electron chi connectivity index (χ0n) is 9.82. The number of nitrogens with zero attached hydrogens (tertiary/aromatic N) is 1. The van der Waals surface area contributed by atoms with Crippen molar-refractivity contribution in [2.75, 3.05) is 6.54 Å². The van der Waals surface area contributed by atoms with Crippen LogP contribution < -0.4 is 5.32 Å². The minimum absolute atomic E-state index is 0.550. The van der Waals surface area contributed by atoms with Crippen molar-refractivity contribution in [3.05, 3.63) is 34.6 Å². The van der Waals surface area contributed by atoms with Gasteiger partial charge in [-0.05, 0) is 71.3 Å². The third-order valence-electron chi connectivity index (χ3n) is 3.86. The highest BCUT2D eigenvalue weighted by atomic mass is 79.9. The smallest absolute Gasteiger partial charge is 0.0410 e. The lowest BCUT2D eigenvalue weighted by Gasteiger charge is -2.37. The van der Waals surface area contributed by atoms with E-state index >= 15 is 0 Å². The number of hydrogen-bond acceptors (Lipinski definition) is 2. The van der Waals surface area contributed by atoms with Crippen LogP contribution in [0.2, 0.25) is 0 Å². The van der Waals surface area contributed by atoms with Crippen molar-refractivity contribution in [2.45, 2.75) is 31.7 Å². The molecule has 0 aromatic carbocycles. The first-order valence-corrected chi connectivity index (χ1v) is 7.18. The molecule has 1 fully saturated rings. The van der Waals surface area contributed by atoms with Crippen LogP contribution in [0.25, 0.3) is 5.57 Å². The fraction of sp³-hybridized carbons (Fsp3) is 0.500. The van der Waals surface area contributed by atoms with Gasteiger partial charge in [0.1, 0.15) is 0 Å². The van der Waals surface area contributed by atoms with Crippen molar-refractivity contribution in [3.8, 4) is 0 Å². The highest BCUT2D eigenvalue weighted by Crippen LogP contribution is 2.36. The molecular formula is C14H17BrN2. The molecule has 0 saturated carbocycles. The van der Waals surface area contributed by atoms with E-state index in [1.165, 1.54) is 36.8 Å². The van der Waals surface area contributed by atoms with Gasteiger partial charge in [-0.15, -0.1) is 0 Å². The standard InChI is InChI=1S/C14H17BrN2/c15-12-7-11(8-16-9-12)13-5-1-3-10-4-2-6-17-14(10)13/h5,7-10,14,17H,1-4,6H2. The van der Waals surface area contributed by atoms with Gasteiger partial charge in [0.25, 0.3) is 0 Å². The third kappa shape index (κ3) is 2.31. The van der Waals surface area contributed by atoms with E-state index in [2.05, 4.69) is 38.4 Å². The summed E-state index contributed by atoms with van der Waals surface area (Å²) in [5.41, 5.74) is 2.72. The number of aromatic nitrogens is 1. The van der Waals surface area contributed by atoms with Crippen LogP contribution in [0, 0.1) is 5.92 Å². The van der Waals surface area contributed by atoms with E-state index in [9.17, 15) is 0 Å². The average molecular weight is 293 g/mol. The summed E-state index contributed by atoms with van der Waals surface area (Å²) in [4.78, 5) is 4.28. The summed E-state index contributed by atoms with van der Waals surface area (Å²) in [6, 6.07) is 2.73. The molecule has 1 aromatic rings. The molecule has 0 amide bonds. The van der Waals surface area contributed by atoms with Crippen LogP contribution in [-0.2, 0) is 0 Å². The first-order valence-electron chi connectivity index (χ1n) is 6.39. The zero-order chi connectivity index (χ0) is 11.7. The van der Waals surface area contributed by atoms with Crippen LogP contribution in [0.4, 0.5) is 0 Å². The minimum Gasteiger partial charge on any atom is -0.310 e. The molecule has 2 nitrogen and oxygen atoms in total. The van der Waals surface area contributed by atoms with Gasteiger partial charge >= 0.3 is 0 Å². The summed E-state index contributed by atoms with van der Waals surface area (Å²) in [6.45, 7) is 1.15. The number of fused-ring (bicyclic) bond motifs is 1. The van der Waals surface area contributed by atoms with E-state index in [0.29, 0.717) is 6.04 Å². The summed E-state index contributed by atoms with van der Waals surface area (Å²) in [5.74, 6) is 0.822. The maximum atomic E-state index is 4.28. The highest BCUT2D eigenvalue weighted by molar-refractivity contribution is 9.10. The Labute approximate surface area is 111 Å². The Morgan fingerprint density at radius 2 is 2.24 bits per heavy atom. The second kappa shape index (κ2) is 4.91. The van der Waals surface area contributed by atoms with Crippen LogP contribution in [0.15, 0.2) is 29.0 Å².